The quantitative estimate of drug-likeness (QED) is 0.777. The molecule has 0 saturated heterocycles. The standard InChI is InChI=1S/C14H12Cl3N3O/c1-2-21-11-6-3-10(4-7-11)5-8-12-18-9-19-13(20-12)14(15,16)17/h3-9H,2H2,1H3. The van der Waals surface area contributed by atoms with Crippen LogP contribution in [0.5, 0.6) is 5.75 Å². The van der Waals surface area contributed by atoms with E-state index < -0.39 is 3.79 Å². The first-order chi connectivity index (χ1) is 9.99. The number of hydrogen-bond donors (Lipinski definition) is 0. The van der Waals surface area contributed by atoms with Crippen LogP contribution in [0.25, 0.3) is 12.2 Å². The van der Waals surface area contributed by atoms with Crippen molar-refractivity contribution in [3.63, 3.8) is 0 Å². The highest BCUT2D eigenvalue weighted by atomic mass is 35.6. The number of hydrogen-bond acceptors (Lipinski definition) is 4. The van der Waals surface area contributed by atoms with Crippen molar-refractivity contribution in [1.29, 1.82) is 0 Å². The fraction of sp³-hybridized carbons (Fsp3) is 0.214. The van der Waals surface area contributed by atoms with Gasteiger partial charge in [-0.3, -0.25) is 0 Å². The van der Waals surface area contributed by atoms with Gasteiger partial charge in [0.1, 0.15) is 12.1 Å². The maximum atomic E-state index is 5.73. The monoisotopic (exact) mass is 343 g/mol. The van der Waals surface area contributed by atoms with Crippen molar-refractivity contribution in [2.45, 2.75) is 10.7 Å². The molecule has 0 atom stereocenters. The smallest absolute Gasteiger partial charge is 0.250 e. The molecule has 4 nitrogen and oxygen atoms in total. The predicted octanol–water partition coefficient (Wildman–Crippen LogP) is 4.27. The number of halogens is 3. The Kier molecular flexibility index (Phi) is 5.39. The molecule has 0 fully saturated rings. The van der Waals surface area contributed by atoms with Gasteiger partial charge in [-0.1, -0.05) is 53.0 Å². The summed E-state index contributed by atoms with van der Waals surface area (Å²) < 4.78 is 3.71. The van der Waals surface area contributed by atoms with Gasteiger partial charge in [-0.25, -0.2) is 15.0 Å². The van der Waals surface area contributed by atoms with E-state index in [2.05, 4.69) is 15.0 Å². The molecule has 110 valence electrons. The largest absolute Gasteiger partial charge is 0.494 e. The van der Waals surface area contributed by atoms with E-state index in [0.29, 0.717) is 12.4 Å². The third-order valence-corrected chi connectivity index (χ3v) is 2.97. The molecule has 21 heavy (non-hydrogen) atoms. The Morgan fingerprint density at radius 1 is 1.10 bits per heavy atom. The first-order valence-corrected chi connectivity index (χ1v) is 7.29. The Morgan fingerprint density at radius 3 is 2.43 bits per heavy atom. The molecule has 0 spiro atoms. The summed E-state index contributed by atoms with van der Waals surface area (Å²) in [6, 6.07) is 7.64. The van der Waals surface area contributed by atoms with Gasteiger partial charge in [0.05, 0.1) is 6.61 Å². The minimum absolute atomic E-state index is 0.0915. The maximum Gasteiger partial charge on any atom is 0.250 e. The van der Waals surface area contributed by atoms with Gasteiger partial charge in [-0.15, -0.1) is 0 Å². The van der Waals surface area contributed by atoms with Crippen molar-refractivity contribution in [3.05, 3.63) is 47.8 Å². The molecule has 0 radical (unpaired) electrons. The van der Waals surface area contributed by atoms with Gasteiger partial charge in [0.15, 0.2) is 11.6 Å². The maximum absolute atomic E-state index is 5.73. The van der Waals surface area contributed by atoms with Crippen LogP contribution in [0, 0.1) is 0 Å². The summed E-state index contributed by atoms with van der Waals surface area (Å²) in [4.78, 5) is 11.9. The molecule has 1 heterocycles. The third kappa shape index (κ3) is 4.84. The molecule has 0 bridgehead atoms. The van der Waals surface area contributed by atoms with Crippen LogP contribution < -0.4 is 4.74 Å². The second kappa shape index (κ2) is 7.07. The molecule has 0 N–H and O–H groups in total. The molecule has 0 saturated carbocycles. The van der Waals surface area contributed by atoms with Crippen LogP contribution in [-0.2, 0) is 3.79 Å². The normalized spacial score (nSPS) is 11.8. The van der Waals surface area contributed by atoms with E-state index in [1.807, 2.05) is 37.3 Å². The minimum Gasteiger partial charge on any atom is -0.494 e. The number of benzene rings is 1. The Morgan fingerprint density at radius 2 is 1.81 bits per heavy atom. The molecule has 2 rings (SSSR count). The number of nitrogens with zero attached hydrogens (tertiary/aromatic N) is 3. The molecule has 2 aromatic rings. The van der Waals surface area contributed by atoms with E-state index in [1.165, 1.54) is 6.33 Å². The topological polar surface area (TPSA) is 47.9 Å². The van der Waals surface area contributed by atoms with Gasteiger partial charge in [-0.05, 0) is 30.7 Å². The van der Waals surface area contributed by atoms with Crippen molar-refractivity contribution in [3.8, 4) is 5.75 Å². The van der Waals surface area contributed by atoms with Crippen LogP contribution in [0.4, 0.5) is 0 Å². The van der Waals surface area contributed by atoms with Crippen molar-refractivity contribution in [1.82, 2.24) is 15.0 Å². The molecule has 1 aromatic heterocycles. The second-order valence-electron chi connectivity index (χ2n) is 4.00. The van der Waals surface area contributed by atoms with Gasteiger partial charge >= 0.3 is 0 Å². The highest BCUT2D eigenvalue weighted by molar-refractivity contribution is 6.66. The van der Waals surface area contributed by atoms with Gasteiger partial charge in [0.2, 0.25) is 3.79 Å². The second-order valence-corrected chi connectivity index (χ2v) is 6.28. The summed E-state index contributed by atoms with van der Waals surface area (Å²) in [5.41, 5.74) is 0.981. The molecule has 0 aliphatic carbocycles. The van der Waals surface area contributed by atoms with Gasteiger partial charge in [-0.2, -0.15) is 0 Å². The zero-order valence-electron chi connectivity index (χ0n) is 11.1. The van der Waals surface area contributed by atoms with E-state index >= 15 is 0 Å². The van der Waals surface area contributed by atoms with Crippen LogP contribution in [0.2, 0.25) is 0 Å². The van der Waals surface area contributed by atoms with E-state index in [0.717, 1.165) is 11.3 Å². The van der Waals surface area contributed by atoms with Crippen LogP contribution >= 0.6 is 34.8 Å². The molecule has 1 aromatic carbocycles. The Labute approximate surface area is 137 Å². The average molecular weight is 345 g/mol. The number of rotatable bonds is 4. The highest BCUT2D eigenvalue weighted by Gasteiger charge is 2.26. The summed E-state index contributed by atoms with van der Waals surface area (Å²) in [5, 5.41) is 0. The third-order valence-electron chi connectivity index (χ3n) is 2.46. The first kappa shape index (κ1) is 16.0. The summed E-state index contributed by atoms with van der Waals surface area (Å²) >= 11 is 17.2. The van der Waals surface area contributed by atoms with Gasteiger partial charge in [0.25, 0.3) is 0 Å². The molecule has 0 amide bonds. The lowest BCUT2D eigenvalue weighted by molar-refractivity contribution is 0.340. The number of aromatic nitrogens is 3. The zero-order valence-corrected chi connectivity index (χ0v) is 13.4. The molecule has 0 unspecified atom stereocenters. The van der Waals surface area contributed by atoms with Gasteiger partial charge in [0, 0.05) is 0 Å². The lowest BCUT2D eigenvalue weighted by atomic mass is 10.2. The summed E-state index contributed by atoms with van der Waals surface area (Å²) in [7, 11) is 0. The first-order valence-electron chi connectivity index (χ1n) is 6.16. The number of alkyl halides is 3. The van der Waals surface area contributed by atoms with Gasteiger partial charge < -0.3 is 4.74 Å². The van der Waals surface area contributed by atoms with E-state index in [1.54, 1.807) is 6.08 Å². The summed E-state index contributed by atoms with van der Waals surface area (Å²) in [6.45, 7) is 2.58. The van der Waals surface area contributed by atoms with Crippen LogP contribution in [0.15, 0.2) is 30.6 Å². The Hall–Kier alpha value is -1.36. The molecular weight excluding hydrogens is 333 g/mol. The van der Waals surface area contributed by atoms with Crippen molar-refractivity contribution in [2.75, 3.05) is 6.61 Å². The van der Waals surface area contributed by atoms with E-state index in [-0.39, 0.29) is 5.82 Å². The zero-order chi connectivity index (χ0) is 15.3. The molecule has 0 aliphatic heterocycles. The van der Waals surface area contributed by atoms with Crippen LogP contribution in [-0.4, -0.2) is 21.6 Å². The fourth-order valence-corrected chi connectivity index (χ4v) is 1.81. The summed E-state index contributed by atoms with van der Waals surface area (Å²) in [5.74, 6) is 1.34. The average Bonchev–Trinajstić information content (AvgIpc) is 2.46. The molecule has 0 aliphatic rings. The van der Waals surface area contributed by atoms with Crippen LogP contribution in [0.3, 0.4) is 0 Å². The lowest BCUT2D eigenvalue weighted by Crippen LogP contribution is -2.08. The van der Waals surface area contributed by atoms with Crippen molar-refractivity contribution in [2.24, 2.45) is 0 Å². The molecular formula is C14H12Cl3N3O. The van der Waals surface area contributed by atoms with Crippen molar-refractivity contribution >= 4 is 47.0 Å². The Bertz CT molecular complexity index is 624. The number of ether oxygens (including phenoxy) is 1. The van der Waals surface area contributed by atoms with Crippen molar-refractivity contribution < 1.29 is 4.74 Å². The van der Waals surface area contributed by atoms with E-state index in [4.69, 9.17) is 39.5 Å². The Balaban J connectivity index is 2.14. The fourth-order valence-electron chi connectivity index (χ4n) is 1.54. The summed E-state index contributed by atoms with van der Waals surface area (Å²) in [6.07, 6.45) is 4.88. The lowest BCUT2D eigenvalue weighted by Gasteiger charge is -2.07. The van der Waals surface area contributed by atoms with Crippen LogP contribution in [0.1, 0.15) is 24.1 Å². The highest BCUT2D eigenvalue weighted by Crippen LogP contribution is 2.35. The SMILES string of the molecule is CCOc1ccc(C=Cc2ncnc(C(Cl)(Cl)Cl)n2)cc1. The van der Waals surface area contributed by atoms with E-state index in [9.17, 15) is 0 Å². The minimum atomic E-state index is -1.66. The predicted molar refractivity (Wildman–Crippen MR) is 85.6 cm³/mol. The molecule has 7 heteroatoms.